The maximum atomic E-state index is 2.26. The summed E-state index contributed by atoms with van der Waals surface area (Å²) in [6, 6.07) is 25.6. The van der Waals surface area contributed by atoms with Gasteiger partial charge in [0.05, 0.1) is 5.69 Å². The number of pyridine rings is 2. The van der Waals surface area contributed by atoms with Crippen molar-refractivity contribution in [2.75, 3.05) is 0 Å². The highest BCUT2D eigenvalue weighted by Crippen LogP contribution is 2.35. The zero-order chi connectivity index (χ0) is 12.7. The van der Waals surface area contributed by atoms with E-state index in [1.807, 2.05) is 0 Å². The first-order valence-electron chi connectivity index (χ1n) is 6.48. The Labute approximate surface area is 112 Å². The third-order valence-corrected chi connectivity index (χ3v) is 3.61. The van der Waals surface area contributed by atoms with Crippen LogP contribution in [0.5, 0.6) is 0 Å². The van der Waals surface area contributed by atoms with Gasteiger partial charge in [-0.25, -0.2) is 0 Å². The molecular weight excluding hydrogens is 230 g/mol. The van der Waals surface area contributed by atoms with Gasteiger partial charge in [0.15, 0.2) is 0 Å². The molecule has 1 aliphatic heterocycles. The van der Waals surface area contributed by atoms with Crippen LogP contribution in [0.4, 0.5) is 0 Å². The highest BCUT2D eigenvalue weighted by molar-refractivity contribution is 5.87. The average Bonchev–Trinajstić information content (AvgIpc) is 2.97. The van der Waals surface area contributed by atoms with Gasteiger partial charge in [0, 0.05) is 17.3 Å². The molecule has 1 aromatic carbocycles. The van der Waals surface area contributed by atoms with Crippen LogP contribution in [-0.4, -0.2) is 4.40 Å². The van der Waals surface area contributed by atoms with Crippen molar-refractivity contribution in [1.29, 1.82) is 0 Å². The van der Waals surface area contributed by atoms with E-state index < -0.39 is 0 Å². The molecule has 4 rings (SSSR count). The fourth-order valence-electron chi connectivity index (χ4n) is 2.72. The van der Waals surface area contributed by atoms with Crippen LogP contribution >= 0.6 is 0 Å². The number of rotatable bonds is 1. The molecule has 0 bridgehead atoms. The summed E-state index contributed by atoms with van der Waals surface area (Å²) in [5, 5.41) is 0. The summed E-state index contributed by atoms with van der Waals surface area (Å²) in [6.45, 7) is 0. The van der Waals surface area contributed by atoms with Crippen molar-refractivity contribution < 1.29 is 0 Å². The molecule has 90 valence electrons. The van der Waals surface area contributed by atoms with Crippen LogP contribution in [0.15, 0.2) is 79.0 Å². The molecule has 1 aromatic heterocycles. The molecule has 0 spiro atoms. The lowest BCUT2D eigenvalue weighted by molar-refractivity contribution is 1.18. The molecule has 0 amide bonds. The Hall–Kier alpha value is -2.54. The predicted octanol–water partition coefficient (Wildman–Crippen LogP) is 4.71. The first-order valence-corrected chi connectivity index (χ1v) is 6.48. The smallest absolute Gasteiger partial charge is 0.0534 e. The fraction of sp³-hybridized carbons (Fsp3) is 0. The lowest BCUT2D eigenvalue weighted by atomic mass is 9.99. The molecule has 0 saturated heterocycles. The van der Waals surface area contributed by atoms with Gasteiger partial charge in [0.25, 0.3) is 0 Å². The van der Waals surface area contributed by atoms with E-state index >= 15 is 0 Å². The first-order chi connectivity index (χ1) is 9.43. The molecule has 0 saturated carbocycles. The topological polar surface area (TPSA) is 4.41 Å². The second-order valence-corrected chi connectivity index (χ2v) is 4.74. The Kier molecular flexibility index (Phi) is 2.18. The summed E-state index contributed by atoms with van der Waals surface area (Å²) in [5.41, 5.74) is 6.35. The van der Waals surface area contributed by atoms with Gasteiger partial charge in [-0.15, -0.1) is 0 Å². The normalized spacial score (nSPS) is 11.2. The summed E-state index contributed by atoms with van der Waals surface area (Å²) in [4.78, 5) is 0. The molecule has 2 heterocycles. The van der Waals surface area contributed by atoms with Crippen molar-refractivity contribution in [3.63, 3.8) is 0 Å². The molecule has 0 fully saturated rings. The Balaban J connectivity index is 2.12. The van der Waals surface area contributed by atoms with E-state index in [-0.39, 0.29) is 0 Å². The average molecular weight is 243 g/mol. The Morgan fingerprint density at radius 3 is 2.37 bits per heavy atom. The number of aromatic nitrogens is 1. The largest absolute Gasteiger partial charge is 0.317 e. The van der Waals surface area contributed by atoms with Gasteiger partial charge in [-0.3, -0.25) is 0 Å². The monoisotopic (exact) mass is 243 g/mol. The fourth-order valence-corrected chi connectivity index (χ4v) is 2.72. The van der Waals surface area contributed by atoms with Gasteiger partial charge in [-0.05, 0) is 35.4 Å². The molecule has 0 unspecified atom stereocenters. The quantitative estimate of drug-likeness (QED) is 0.456. The van der Waals surface area contributed by atoms with Crippen molar-refractivity contribution in [2.45, 2.75) is 0 Å². The van der Waals surface area contributed by atoms with Crippen LogP contribution in [0.1, 0.15) is 0 Å². The molecule has 1 aliphatic carbocycles. The van der Waals surface area contributed by atoms with Crippen molar-refractivity contribution in [3.05, 3.63) is 79.0 Å². The predicted molar refractivity (Wildman–Crippen MR) is 79.5 cm³/mol. The minimum Gasteiger partial charge on any atom is -0.317 e. The number of fused-ring (bicyclic) bond motifs is 3. The summed E-state index contributed by atoms with van der Waals surface area (Å²) >= 11 is 0. The molecule has 0 radical (unpaired) electrons. The second kappa shape index (κ2) is 3.99. The van der Waals surface area contributed by atoms with Gasteiger partial charge in [-0.2, -0.15) is 0 Å². The second-order valence-electron chi connectivity index (χ2n) is 4.74. The van der Waals surface area contributed by atoms with Gasteiger partial charge < -0.3 is 4.40 Å². The Morgan fingerprint density at radius 1 is 0.632 bits per heavy atom. The number of benzene rings is 1. The zero-order valence-electron chi connectivity index (χ0n) is 10.5. The first kappa shape index (κ1) is 10.4. The van der Waals surface area contributed by atoms with Gasteiger partial charge >= 0.3 is 0 Å². The van der Waals surface area contributed by atoms with E-state index in [9.17, 15) is 0 Å². The molecule has 1 nitrogen and oxygen atoms in total. The van der Waals surface area contributed by atoms with E-state index in [0.29, 0.717) is 0 Å². The summed E-state index contributed by atoms with van der Waals surface area (Å²) in [6.07, 6.45) is 2.12. The number of hydrogen-bond acceptors (Lipinski definition) is 0. The lowest BCUT2D eigenvalue weighted by Gasteiger charge is -2.14. The Morgan fingerprint density at radius 2 is 1.47 bits per heavy atom. The van der Waals surface area contributed by atoms with Crippen molar-refractivity contribution in [2.24, 2.45) is 0 Å². The summed E-state index contributed by atoms with van der Waals surface area (Å²) < 4.78 is 2.24. The van der Waals surface area contributed by atoms with Crippen LogP contribution in [0, 0.1) is 0 Å². The molecular formula is C18H13N. The minimum atomic E-state index is 1.22. The van der Waals surface area contributed by atoms with Crippen molar-refractivity contribution in [3.8, 4) is 22.4 Å². The van der Waals surface area contributed by atoms with Gasteiger partial charge in [-0.1, -0.05) is 48.5 Å². The van der Waals surface area contributed by atoms with E-state index in [2.05, 4.69) is 83.4 Å². The van der Waals surface area contributed by atoms with Crippen LogP contribution in [0.3, 0.4) is 0 Å². The number of hydrogen-bond donors (Lipinski definition) is 0. The van der Waals surface area contributed by atoms with Crippen molar-refractivity contribution >= 4 is 5.52 Å². The molecule has 2 aromatic rings. The SMILES string of the molecule is c1ccc(-c2cc3ccccn3c3cccc2-3)cc1. The van der Waals surface area contributed by atoms with Crippen LogP contribution in [0.25, 0.3) is 27.9 Å². The standard InChI is InChI=1S/C18H13N/c1-2-7-14(8-3-1)17-13-15-9-4-5-12-19(15)18-11-6-10-16(17)18/h1-13H. The highest BCUT2D eigenvalue weighted by atomic mass is 14.9. The van der Waals surface area contributed by atoms with E-state index in [1.165, 1.54) is 27.9 Å². The maximum absolute atomic E-state index is 2.26. The van der Waals surface area contributed by atoms with E-state index in [4.69, 9.17) is 0 Å². The van der Waals surface area contributed by atoms with E-state index in [1.54, 1.807) is 0 Å². The van der Waals surface area contributed by atoms with E-state index in [0.717, 1.165) is 0 Å². The third-order valence-electron chi connectivity index (χ3n) is 3.61. The van der Waals surface area contributed by atoms with Crippen molar-refractivity contribution in [1.82, 2.24) is 4.40 Å². The van der Waals surface area contributed by atoms with Gasteiger partial charge in [0.2, 0.25) is 0 Å². The maximum Gasteiger partial charge on any atom is 0.0534 e. The summed E-state index contributed by atoms with van der Waals surface area (Å²) in [7, 11) is 0. The minimum absolute atomic E-state index is 1.22. The molecule has 0 N–H and O–H groups in total. The third kappa shape index (κ3) is 1.55. The van der Waals surface area contributed by atoms with Crippen LogP contribution < -0.4 is 0 Å². The molecule has 19 heavy (non-hydrogen) atoms. The van der Waals surface area contributed by atoms with Crippen LogP contribution in [-0.2, 0) is 0 Å². The van der Waals surface area contributed by atoms with Gasteiger partial charge in [0.1, 0.15) is 0 Å². The molecule has 1 heteroatoms. The molecule has 2 aliphatic rings. The summed E-state index contributed by atoms with van der Waals surface area (Å²) in [5.74, 6) is 0. The molecule has 0 atom stereocenters. The highest BCUT2D eigenvalue weighted by Gasteiger charge is 2.12. The zero-order valence-corrected chi connectivity index (χ0v) is 10.5. The Bertz CT molecular complexity index is 812. The lowest BCUT2D eigenvalue weighted by Crippen LogP contribution is -1.95. The number of nitrogens with zero attached hydrogens (tertiary/aromatic N) is 1. The van der Waals surface area contributed by atoms with Crippen LogP contribution in [0.2, 0.25) is 0 Å².